The highest BCUT2D eigenvalue weighted by molar-refractivity contribution is 8.13. The maximum Gasteiger partial charge on any atom is 0.235 e. The Balaban J connectivity index is 2.59. The fourth-order valence-electron chi connectivity index (χ4n) is 1.28. The van der Waals surface area contributed by atoms with Gasteiger partial charge >= 0.3 is 0 Å². The van der Waals surface area contributed by atoms with Gasteiger partial charge in [-0.1, -0.05) is 29.8 Å². The van der Waals surface area contributed by atoms with Gasteiger partial charge in [0, 0.05) is 10.7 Å². The normalized spacial score (nSPS) is 13.8. The van der Waals surface area contributed by atoms with Crippen molar-refractivity contribution in [2.24, 2.45) is 0 Å². The molecular weight excluding hydrogens is 236 g/mol. The molecule has 1 atom stereocenters. The van der Waals surface area contributed by atoms with E-state index in [1.807, 2.05) is 31.2 Å². The maximum atomic E-state index is 10.7. The van der Waals surface area contributed by atoms with E-state index in [0.717, 1.165) is 11.1 Å². The lowest BCUT2D eigenvalue weighted by atomic mass is 10.1. The smallest absolute Gasteiger partial charge is 0.235 e. The van der Waals surface area contributed by atoms with Crippen molar-refractivity contribution in [3.63, 3.8) is 0 Å². The molecule has 0 aliphatic heterocycles. The van der Waals surface area contributed by atoms with Crippen molar-refractivity contribution < 1.29 is 13.5 Å². The van der Waals surface area contributed by atoms with E-state index in [1.165, 1.54) is 0 Å². The first-order valence-corrected chi connectivity index (χ1v) is 7.00. The van der Waals surface area contributed by atoms with E-state index in [-0.39, 0.29) is 0 Å². The van der Waals surface area contributed by atoms with E-state index in [9.17, 15) is 13.5 Å². The molecular formula is C10H13ClO3S. The number of halogens is 1. The minimum Gasteiger partial charge on any atom is -0.392 e. The Morgan fingerprint density at radius 2 is 1.87 bits per heavy atom. The number of benzene rings is 1. The molecule has 1 unspecified atom stereocenters. The topological polar surface area (TPSA) is 54.4 Å². The first-order chi connectivity index (χ1) is 6.87. The molecule has 0 aliphatic carbocycles. The monoisotopic (exact) mass is 248 g/mol. The number of rotatable bonds is 4. The van der Waals surface area contributed by atoms with Gasteiger partial charge in [-0.25, -0.2) is 8.42 Å². The summed E-state index contributed by atoms with van der Waals surface area (Å²) in [7, 11) is 1.40. The molecule has 0 bridgehead atoms. The van der Waals surface area contributed by atoms with Crippen molar-refractivity contribution in [3.05, 3.63) is 35.4 Å². The molecule has 0 saturated carbocycles. The molecule has 0 amide bonds. The average Bonchev–Trinajstić information content (AvgIpc) is 2.05. The molecule has 84 valence electrons. The zero-order valence-corrected chi connectivity index (χ0v) is 9.92. The van der Waals surface area contributed by atoms with Gasteiger partial charge in [0.05, 0.1) is 11.9 Å². The van der Waals surface area contributed by atoms with Crippen LogP contribution in [-0.2, 0) is 15.5 Å². The van der Waals surface area contributed by atoms with Crippen molar-refractivity contribution in [3.8, 4) is 0 Å². The summed E-state index contributed by atoms with van der Waals surface area (Å²) < 4.78 is 21.4. The van der Waals surface area contributed by atoms with E-state index in [1.54, 1.807) is 0 Å². The maximum absolute atomic E-state index is 10.7. The fourth-order valence-corrected chi connectivity index (χ4v) is 2.30. The second kappa shape index (κ2) is 4.96. The van der Waals surface area contributed by atoms with Gasteiger partial charge in [-0.2, -0.15) is 0 Å². The van der Waals surface area contributed by atoms with Gasteiger partial charge < -0.3 is 5.11 Å². The summed E-state index contributed by atoms with van der Waals surface area (Å²) in [5.74, 6) is -0.414. The van der Waals surface area contributed by atoms with E-state index < -0.39 is 20.9 Å². The highest BCUT2D eigenvalue weighted by atomic mass is 35.7. The minimum absolute atomic E-state index is 0.298. The Morgan fingerprint density at radius 3 is 2.33 bits per heavy atom. The van der Waals surface area contributed by atoms with Crippen LogP contribution in [0.2, 0.25) is 0 Å². The van der Waals surface area contributed by atoms with E-state index in [4.69, 9.17) is 10.7 Å². The molecule has 1 aromatic carbocycles. The largest absolute Gasteiger partial charge is 0.392 e. The van der Waals surface area contributed by atoms with Crippen LogP contribution < -0.4 is 0 Å². The predicted molar refractivity (Wildman–Crippen MR) is 60.5 cm³/mol. The van der Waals surface area contributed by atoms with Crippen LogP contribution in [0.15, 0.2) is 24.3 Å². The van der Waals surface area contributed by atoms with Crippen LogP contribution in [0.5, 0.6) is 0 Å². The minimum atomic E-state index is -3.63. The van der Waals surface area contributed by atoms with Crippen molar-refractivity contribution in [2.75, 3.05) is 5.75 Å². The summed E-state index contributed by atoms with van der Waals surface area (Å²) in [6, 6.07) is 7.55. The zero-order chi connectivity index (χ0) is 11.5. The number of hydrogen-bond donors (Lipinski definition) is 1. The van der Waals surface area contributed by atoms with E-state index >= 15 is 0 Å². The highest BCUT2D eigenvalue weighted by Crippen LogP contribution is 2.08. The molecule has 0 fully saturated rings. The van der Waals surface area contributed by atoms with Crippen LogP contribution in [-0.4, -0.2) is 25.4 Å². The molecule has 1 N–H and O–H groups in total. The lowest BCUT2D eigenvalue weighted by Crippen LogP contribution is -2.19. The Hall–Kier alpha value is -0.580. The van der Waals surface area contributed by atoms with Crippen molar-refractivity contribution in [1.82, 2.24) is 0 Å². The summed E-state index contributed by atoms with van der Waals surface area (Å²) >= 11 is 0. The quantitative estimate of drug-likeness (QED) is 0.821. The Kier molecular flexibility index (Phi) is 4.13. The third-order valence-electron chi connectivity index (χ3n) is 1.98. The third kappa shape index (κ3) is 5.16. The van der Waals surface area contributed by atoms with Gasteiger partial charge in [0.1, 0.15) is 0 Å². The van der Waals surface area contributed by atoms with Crippen molar-refractivity contribution >= 4 is 19.7 Å². The standard InChI is InChI=1S/C10H13ClO3S/c1-8-2-4-9(5-3-8)6-10(12)7-15(11,13)14/h2-5,10,12H,6-7H2,1H3. The second-order valence-corrected chi connectivity index (χ2v) is 6.37. The molecule has 0 spiro atoms. The zero-order valence-electron chi connectivity index (χ0n) is 8.35. The molecule has 0 saturated heterocycles. The molecule has 0 radical (unpaired) electrons. The Bertz CT molecular complexity index is 411. The van der Waals surface area contributed by atoms with Crippen LogP contribution >= 0.6 is 10.7 Å². The SMILES string of the molecule is Cc1ccc(CC(O)CS(=O)(=O)Cl)cc1. The third-order valence-corrected chi connectivity index (χ3v) is 3.14. The summed E-state index contributed by atoms with van der Waals surface area (Å²) in [4.78, 5) is 0. The Morgan fingerprint density at radius 1 is 1.33 bits per heavy atom. The van der Waals surface area contributed by atoms with E-state index in [0.29, 0.717) is 6.42 Å². The Labute approximate surface area is 94.1 Å². The molecule has 0 heterocycles. The molecule has 0 aromatic heterocycles. The van der Waals surface area contributed by atoms with Gasteiger partial charge in [0.15, 0.2) is 0 Å². The van der Waals surface area contributed by atoms with E-state index in [2.05, 4.69) is 0 Å². The summed E-state index contributed by atoms with van der Waals surface area (Å²) in [5.41, 5.74) is 2.02. The first-order valence-electron chi connectivity index (χ1n) is 4.53. The molecule has 1 rings (SSSR count). The van der Waals surface area contributed by atoms with Crippen molar-refractivity contribution in [2.45, 2.75) is 19.4 Å². The van der Waals surface area contributed by atoms with Gasteiger partial charge in [-0.3, -0.25) is 0 Å². The van der Waals surface area contributed by atoms with Crippen LogP contribution in [0.3, 0.4) is 0 Å². The van der Waals surface area contributed by atoms with Gasteiger partial charge in [-0.05, 0) is 18.9 Å². The lowest BCUT2D eigenvalue weighted by Gasteiger charge is -2.08. The fraction of sp³-hybridized carbons (Fsp3) is 0.400. The number of aliphatic hydroxyl groups is 1. The summed E-state index contributed by atoms with van der Waals surface area (Å²) in [6.07, 6.45) is -0.651. The van der Waals surface area contributed by atoms with Crippen molar-refractivity contribution in [1.29, 1.82) is 0 Å². The molecule has 1 aromatic rings. The average molecular weight is 249 g/mol. The van der Waals surface area contributed by atoms with Crippen LogP contribution in [0.25, 0.3) is 0 Å². The molecule has 0 aliphatic rings. The van der Waals surface area contributed by atoms with Crippen LogP contribution in [0.4, 0.5) is 0 Å². The first kappa shape index (κ1) is 12.5. The number of hydrogen-bond acceptors (Lipinski definition) is 3. The van der Waals surface area contributed by atoms with Crippen LogP contribution in [0.1, 0.15) is 11.1 Å². The summed E-state index contributed by atoms with van der Waals surface area (Å²) in [6.45, 7) is 1.96. The number of aryl methyl sites for hydroxylation is 1. The van der Waals surface area contributed by atoms with Gasteiger partial charge in [-0.15, -0.1) is 0 Å². The lowest BCUT2D eigenvalue weighted by molar-refractivity contribution is 0.198. The van der Waals surface area contributed by atoms with Gasteiger partial charge in [0.2, 0.25) is 9.05 Å². The second-order valence-electron chi connectivity index (χ2n) is 3.55. The molecule has 15 heavy (non-hydrogen) atoms. The summed E-state index contributed by atoms with van der Waals surface area (Å²) in [5, 5.41) is 9.44. The number of aliphatic hydroxyl groups excluding tert-OH is 1. The van der Waals surface area contributed by atoms with Gasteiger partial charge in [0.25, 0.3) is 0 Å². The highest BCUT2D eigenvalue weighted by Gasteiger charge is 2.14. The predicted octanol–water partition coefficient (Wildman–Crippen LogP) is 1.47. The molecule has 3 nitrogen and oxygen atoms in total. The van der Waals surface area contributed by atoms with Crippen LogP contribution in [0, 0.1) is 6.92 Å². The molecule has 5 heteroatoms.